The molecule has 2 aliphatic rings. The molecule has 2 N–H and O–H groups in total. The number of anilines is 1. The van der Waals surface area contributed by atoms with Crippen molar-refractivity contribution in [3.05, 3.63) is 24.3 Å². The Labute approximate surface area is 112 Å². The fourth-order valence-corrected chi connectivity index (χ4v) is 3.55. The fraction of sp³-hybridized carbons (Fsp3) is 0.533. The molecule has 0 radical (unpaired) electrons. The summed E-state index contributed by atoms with van der Waals surface area (Å²) < 4.78 is 5.81. The number of aromatic amines is 1. The van der Waals surface area contributed by atoms with Crippen LogP contribution in [0.2, 0.25) is 0 Å². The van der Waals surface area contributed by atoms with Crippen LogP contribution in [0.25, 0.3) is 11.0 Å². The summed E-state index contributed by atoms with van der Waals surface area (Å²) in [7, 11) is 0. The zero-order valence-electron chi connectivity index (χ0n) is 10.9. The van der Waals surface area contributed by atoms with Crippen molar-refractivity contribution < 1.29 is 4.74 Å². The Morgan fingerprint density at radius 3 is 3.11 bits per heavy atom. The lowest BCUT2D eigenvalue weighted by molar-refractivity contribution is 0.0619. The smallest absolute Gasteiger partial charge is 0.201 e. The Morgan fingerprint density at radius 2 is 2.16 bits per heavy atom. The number of nitrogens with zero attached hydrogens (tertiary/aromatic N) is 1. The first kappa shape index (κ1) is 11.3. The first-order valence-electron chi connectivity index (χ1n) is 7.23. The summed E-state index contributed by atoms with van der Waals surface area (Å²) in [4.78, 5) is 7.97. The van der Waals surface area contributed by atoms with E-state index < -0.39 is 0 Å². The summed E-state index contributed by atoms with van der Waals surface area (Å²) in [6.07, 6.45) is 5.35. The number of aromatic nitrogens is 2. The van der Waals surface area contributed by atoms with Crippen molar-refractivity contribution in [2.45, 2.75) is 37.8 Å². The van der Waals surface area contributed by atoms with Crippen molar-refractivity contribution in [3.8, 4) is 0 Å². The minimum atomic E-state index is 0.468. The average molecular weight is 257 g/mol. The third kappa shape index (κ3) is 2.00. The molecule has 2 aromatic rings. The Bertz CT molecular complexity index is 547. The Morgan fingerprint density at radius 1 is 1.21 bits per heavy atom. The van der Waals surface area contributed by atoms with Gasteiger partial charge in [-0.25, -0.2) is 4.98 Å². The number of rotatable bonds is 2. The van der Waals surface area contributed by atoms with E-state index in [-0.39, 0.29) is 0 Å². The molecule has 2 fully saturated rings. The predicted molar refractivity (Wildman–Crippen MR) is 75.2 cm³/mol. The van der Waals surface area contributed by atoms with Gasteiger partial charge >= 0.3 is 0 Å². The first-order chi connectivity index (χ1) is 9.40. The van der Waals surface area contributed by atoms with Gasteiger partial charge in [-0.15, -0.1) is 0 Å². The van der Waals surface area contributed by atoms with Crippen molar-refractivity contribution in [3.63, 3.8) is 0 Å². The van der Waals surface area contributed by atoms with Gasteiger partial charge in [-0.2, -0.15) is 0 Å². The SMILES string of the molecule is c1ccc2[nH]c(NC3CCCC4OCCC34)nc2c1. The van der Waals surface area contributed by atoms with Crippen molar-refractivity contribution in [2.24, 2.45) is 5.92 Å². The highest BCUT2D eigenvalue weighted by molar-refractivity contribution is 5.77. The van der Waals surface area contributed by atoms with E-state index in [1.807, 2.05) is 18.2 Å². The Kier molecular flexibility index (Phi) is 2.69. The van der Waals surface area contributed by atoms with Gasteiger partial charge in [-0.05, 0) is 37.8 Å². The van der Waals surface area contributed by atoms with Gasteiger partial charge in [0.15, 0.2) is 0 Å². The zero-order chi connectivity index (χ0) is 12.7. The summed E-state index contributed by atoms with van der Waals surface area (Å²) in [6.45, 7) is 0.924. The summed E-state index contributed by atoms with van der Waals surface area (Å²) in [5.41, 5.74) is 2.13. The van der Waals surface area contributed by atoms with Gasteiger partial charge in [0.2, 0.25) is 5.95 Å². The largest absolute Gasteiger partial charge is 0.378 e. The van der Waals surface area contributed by atoms with Crippen LogP contribution in [-0.2, 0) is 4.74 Å². The molecule has 2 heterocycles. The van der Waals surface area contributed by atoms with E-state index in [9.17, 15) is 0 Å². The number of nitrogens with one attached hydrogen (secondary N) is 2. The third-order valence-electron chi connectivity index (χ3n) is 4.49. The van der Waals surface area contributed by atoms with Crippen LogP contribution in [0.3, 0.4) is 0 Å². The molecule has 0 amide bonds. The summed E-state index contributed by atoms with van der Waals surface area (Å²) in [6, 6.07) is 8.66. The highest BCUT2D eigenvalue weighted by atomic mass is 16.5. The van der Waals surface area contributed by atoms with Crippen LogP contribution < -0.4 is 5.32 Å². The van der Waals surface area contributed by atoms with E-state index in [2.05, 4.69) is 21.4 Å². The number of ether oxygens (including phenoxy) is 1. The Balaban J connectivity index is 1.56. The van der Waals surface area contributed by atoms with Gasteiger partial charge in [0.1, 0.15) is 0 Å². The van der Waals surface area contributed by atoms with Gasteiger partial charge in [0.25, 0.3) is 0 Å². The predicted octanol–water partition coefficient (Wildman–Crippen LogP) is 2.93. The van der Waals surface area contributed by atoms with E-state index in [1.54, 1.807) is 0 Å². The van der Waals surface area contributed by atoms with Crippen LogP contribution in [0, 0.1) is 5.92 Å². The number of imidazole rings is 1. The zero-order valence-corrected chi connectivity index (χ0v) is 10.9. The molecule has 100 valence electrons. The van der Waals surface area contributed by atoms with Crippen LogP contribution in [0.5, 0.6) is 0 Å². The van der Waals surface area contributed by atoms with Crippen LogP contribution in [0.4, 0.5) is 5.95 Å². The van der Waals surface area contributed by atoms with E-state index >= 15 is 0 Å². The molecule has 4 rings (SSSR count). The molecule has 0 spiro atoms. The number of hydrogen-bond donors (Lipinski definition) is 2. The van der Waals surface area contributed by atoms with Crippen LogP contribution in [-0.4, -0.2) is 28.7 Å². The third-order valence-corrected chi connectivity index (χ3v) is 4.49. The van der Waals surface area contributed by atoms with Crippen molar-refractivity contribution in [1.29, 1.82) is 0 Å². The van der Waals surface area contributed by atoms with Gasteiger partial charge in [-0.1, -0.05) is 12.1 Å². The molecule has 1 aliphatic carbocycles. The van der Waals surface area contributed by atoms with E-state index in [1.165, 1.54) is 25.7 Å². The maximum absolute atomic E-state index is 5.81. The molecular weight excluding hydrogens is 238 g/mol. The summed E-state index contributed by atoms with van der Waals surface area (Å²) >= 11 is 0. The molecule has 1 aromatic carbocycles. The van der Waals surface area contributed by atoms with E-state index in [0.29, 0.717) is 18.1 Å². The molecular formula is C15H19N3O. The van der Waals surface area contributed by atoms with Crippen molar-refractivity contribution >= 4 is 17.0 Å². The van der Waals surface area contributed by atoms with E-state index in [4.69, 9.17) is 4.74 Å². The second kappa shape index (κ2) is 4.53. The van der Waals surface area contributed by atoms with Crippen LogP contribution in [0.15, 0.2) is 24.3 Å². The van der Waals surface area contributed by atoms with Crippen molar-refractivity contribution in [2.75, 3.05) is 11.9 Å². The van der Waals surface area contributed by atoms with Crippen LogP contribution in [0.1, 0.15) is 25.7 Å². The van der Waals surface area contributed by atoms with E-state index in [0.717, 1.165) is 23.6 Å². The highest BCUT2D eigenvalue weighted by Gasteiger charge is 2.37. The minimum absolute atomic E-state index is 0.468. The van der Waals surface area contributed by atoms with Crippen LogP contribution >= 0.6 is 0 Å². The molecule has 3 atom stereocenters. The first-order valence-corrected chi connectivity index (χ1v) is 7.23. The summed E-state index contributed by atoms with van der Waals surface area (Å²) in [5.74, 6) is 1.56. The molecule has 0 bridgehead atoms. The number of H-pyrrole nitrogens is 1. The molecule has 1 saturated carbocycles. The Hall–Kier alpha value is -1.55. The lowest BCUT2D eigenvalue weighted by Gasteiger charge is -2.33. The van der Waals surface area contributed by atoms with Gasteiger partial charge in [0, 0.05) is 18.6 Å². The highest BCUT2D eigenvalue weighted by Crippen LogP contribution is 2.35. The quantitative estimate of drug-likeness (QED) is 0.869. The van der Waals surface area contributed by atoms with Gasteiger partial charge in [0.05, 0.1) is 17.1 Å². The lowest BCUT2D eigenvalue weighted by Crippen LogP contribution is -2.38. The maximum atomic E-state index is 5.81. The topological polar surface area (TPSA) is 49.9 Å². The fourth-order valence-electron chi connectivity index (χ4n) is 3.55. The maximum Gasteiger partial charge on any atom is 0.201 e. The standard InChI is InChI=1S/C15H19N3O/c1-2-5-13-12(4-1)17-15(18-13)16-11-6-3-7-14-10(11)8-9-19-14/h1-2,4-5,10-11,14H,3,6-9H2,(H2,16,17,18). The molecule has 4 heteroatoms. The molecule has 1 aliphatic heterocycles. The summed E-state index contributed by atoms with van der Waals surface area (Å²) in [5, 5.41) is 3.60. The number of fused-ring (bicyclic) bond motifs is 2. The van der Waals surface area contributed by atoms with Gasteiger partial charge in [-0.3, -0.25) is 0 Å². The number of para-hydroxylation sites is 2. The second-order valence-corrected chi connectivity index (χ2v) is 5.65. The average Bonchev–Trinajstić information content (AvgIpc) is 3.04. The molecule has 1 aromatic heterocycles. The molecule has 4 nitrogen and oxygen atoms in total. The number of benzene rings is 1. The monoisotopic (exact) mass is 257 g/mol. The molecule has 19 heavy (non-hydrogen) atoms. The second-order valence-electron chi connectivity index (χ2n) is 5.65. The minimum Gasteiger partial charge on any atom is -0.378 e. The lowest BCUT2D eigenvalue weighted by atomic mass is 9.82. The van der Waals surface area contributed by atoms with Gasteiger partial charge < -0.3 is 15.0 Å². The molecule has 3 unspecified atom stereocenters. The number of hydrogen-bond acceptors (Lipinski definition) is 3. The van der Waals surface area contributed by atoms with Crippen molar-refractivity contribution in [1.82, 2.24) is 9.97 Å². The normalized spacial score (nSPS) is 30.4. The molecule has 1 saturated heterocycles.